The summed E-state index contributed by atoms with van der Waals surface area (Å²) in [6, 6.07) is 0. The van der Waals surface area contributed by atoms with E-state index in [0.29, 0.717) is 0 Å². The zero-order valence-electron chi connectivity index (χ0n) is 4.92. The summed E-state index contributed by atoms with van der Waals surface area (Å²) in [5.74, 6) is 0. The van der Waals surface area contributed by atoms with Gasteiger partial charge in [0, 0.05) is 0 Å². The van der Waals surface area contributed by atoms with Crippen LogP contribution in [-0.4, -0.2) is 40.6 Å². The van der Waals surface area contributed by atoms with Gasteiger partial charge >= 0.3 is 40.7 Å². The fourth-order valence-corrected chi connectivity index (χ4v) is 0.433. The molecule has 1 unspecified atom stereocenters. The van der Waals surface area contributed by atoms with Gasteiger partial charge in [0.25, 0.3) is 6.47 Å². The molecule has 0 bridgehead atoms. The number of hydrogen-bond acceptors (Lipinski definition) is 2. The topological polar surface area (TPSA) is 49.3 Å². The fraction of sp³-hybridized carbons (Fsp3) is 0.750. The standard InChI is InChI=1S/C3H6N.CH2O2.Li/c1-2-4-3-1;2-1-3;/h2,4H,1,3H2;1H,(H,2,3);. The molecule has 0 radical (unpaired) electrons. The first-order valence-electron chi connectivity index (χ1n) is 2.62. The minimum atomic E-state index is -0.250. The summed E-state index contributed by atoms with van der Waals surface area (Å²) in [6.07, 6.45) is 1.38. The van der Waals surface area contributed by atoms with Crippen LogP contribution in [0.4, 0.5) is 0 Å². The van der Waals surface area contributed by atoms with Crippen molar-refractivity contribution in [2.45, 2.75) is 11.1 Å². The van der Waals surface area contributed by atoms with Crippen LogP contribution in [0.15, 0.2) is 0 Å². The van der Waals surface area contributed by atoms with Crippen molar-refractivity contribution in [2.75, 3.05) is 6.54 Å². The van der Waals surface area contributed by atoms with E-state index < -0.39 is 0 Å². The molecule has 0 aromatic rings. The molecule has 1 heterocycles. The van der Waals surface area contributed by atoms with E-state index in [1.54, 1.807) is 0 Å². The predicted octanol–water partition coefficient (Wildman–Crippen LogP) is -0.825. The number of nitrogens with one attached hydrogen (secondary N) is 1. The third kappa shape index (κ3) is 4.19. The summed E-state index contributed by atoms with van der Waals surface area (Å²) in [5.41, 5.74) is 0. The molecule has 3 nitrogen and oxygen atoms in total. The van der Waals surface area contributed by atoms with Crippen molar-refractivity contribution < 1.29 is 9.90 Å². The van der Waals surface area contributed by atoms with Crippen molar-refractivity contribution in [1.29, 1.82) is 0 Å². The Kier molecular flexibility index (Phi) is 5.19. The molecule has 1 fully saturated rings. The first-order valence-corrected chi connectivity index (χ1v) is 2.62. The first-order chi connectivity index (χ1) is 3.81. The van der Waals surface area contributed by atoms with Gasteiger partial charge in [-0.25, -0.2) is 0 Å². The molecular weight excluding hydrogens is 101 g/mol. The molecule has 0 spiro atoms. The van der Waals surface area contributed by atoms with E-state index in [1.807, 2.05) is 0 Å². The number of hydrogen-bond donors (Lipinski definition) is 2. The molecule has 1 rings (SSSR count). The molecule has 0 aromatic carbocycles. The van der Waals surface area contributed by atoms with Crippen LogP contribution in [0.2, 0.25) is 0 Å². The number of carbonyl (C=O) groups is 1. The van der Waals surface area contributed by atoms with Gasteiger partial charge in [-0.15, -0.1) is 0 Å². The summed E-state index contributed by atoms with van der Waals surface area (Å²) in [4.78, 5) is 8.36. The van der Waals surface area contributed by atoms with Gasteiger partial charge in [0.2, 0.25) is 0 Å². The van der Waals surface area contributed by atoms with E-state index in [0.717, 1.165) is 4.71 Å². The van der Waals surface area contributed by atoms with E-state index in [9.17, 15) is 0 Å². The SMILES string of the molecule is O=CO.[Li][CH]1CCN1. The molecule has 42 valence electrons. The predicted molar refractivity (Wildman–Crippen MR) is 30.9 cm³/mol. The van der Waals surface area contributed by atoms with Gasteiger partial charge < -0.3 is 5.11 Å². The van der Waals surface area contributed by atoms with Gasteiger partial charge in [-0.2, -0.15) is 0 Å². The van der Waals surface area contributed by atoms with Gasteiger partial charge in [0.15, 0.2) is 0 Å². The Morgan fingerprint density at radius 1 is 1.88 bits per heavy atom. The third-order valence-corrected chi connectivity index (χ3v) is 1.07. The Morgan fingerprint density at radius 3 is 2.12 bits per heavy atom. The molecule has 0 amide bonds. The van der Waals surface area contributed by atoms with Crippen LogP contribution in [-0.2, 0) is 4.79 Å². The van der Waals surface area contributed by atoms with E-state index in [4.69, 9.17) is 9.90 Å². The minimum absolute atomic E-state index is 0.250. The Labute approximate surface area is 57.7 Å². The quantitative estimate of drug-likeness (QED) is 0.315. The van der Waals surface area contributed by atoms with Gasteiger partial charge in [-0.3, -0.25) is 4.79 Å². The molecule has 0 aliphatic carbocycles. The van der Waals surface area contributed by atoms with Crippen LogP contribution in [0.25, 0.3) is 0 Å². The van der Waals surface area contributed by atoms with Crippen LogP contribution in [0.1, 0.15) is 6.42 Å². The summed E-state index contributed by atoms with van der Waals surface area (Å²) >= 11 is 2.20. The Bertz CT molecular complexity index is 65.1. The van der Waals surface area contributed by atoms with Crippen molar-refractivity contribution in [2.24, 2.45) is 0 Å². The molecule has 4 heteroatoms. The second-order valence-electron chi connectivity index (χ2n) is 1.75. The van der Waals surface area contributed by atoms with Gasteiger partial charge in [0.05, 0.1) is 0 Å². The summed E-state index contributed by atoms with van der Waals surface area (Å²) in [5, 5.41) is 10.1. The fourth-order valence-electron chi connectivity index (χ4n) is 0.433. The van der Waals surface area contributed by atoms with Gasteiger partial charge in [0.1, 0.15) is 0 Å². The second kappa shape index (κ2) is 5.17. The molecule has 1 aliphatic heterocycles. The average Bonchev–Trinajstić information content (AvgIpc) is 1.64. The maximum absolute atomic E-state index is 8.36. The molecule has 0 aromatic heterocycles. The number of rotatable bonds is 0. The van der Waals surface area contributed by atoms with Crippen molar-refractivity contribution in [1.82, 2.24) is 5.32 Å². The Hall–Kier alpha value is 0.0274. The van der Waals surface area contributed by atoms with Gasteiger partial charge in [-0.05, 0) is 0 Å². The monoisotopic (exact) mass is 109 g/mol. The normalized spacial score (nSPS) is 24.5. The Morgan fingerprint density at radius 2 is 2.12 bits per heavy atom. The summed E-state index contributed by atoms with van der Waals surface area (Å²) in [7, 11) is 0. The van der Waals surface area contributed by atoms with Crippen molar-refractivity contribution in [3.8, 4) is 0 Å². The van der Waals surface area contributed by atoms with Crippen molar-refractivity contribution >= 4 is 24.2 Å². The Balaban J connectivity index is 0.000000145. The van der Waals surface area contributed by atoms with E-state index in [2.05, 4.69) is 23.0 Å². The van der Waals surface area contributed by atoms with Crippen LogP contribution >= 0.6 is 0 Å². The third-order valence-electron chi connectivity index (χ3n) is 1.07. The van der Waals surface area contributed by atoms with Crippen LogP contribution in [0, 0.1) is 0 Å². The molecular formula is C4H8LiNO2. The van der Waals surface area contributed by atoms with Crippen LogP contribution in [0.3, 0.4) is 0 Å². The molecule has 8 heavy (non-hydrogen) atoms. The van der Waals surface area contributed by atoms with Crippen LogP contribution in [0.5, 0.6) is 0 Å². The maximum atomic E-state index is 8.36. The van der Waals surface area contributed by atoms with E-state index in [1.165, 1.54) is 13.0 Å². The average molecular weight is 109 g/mol. The van der Waals surface area contributed by atoms with E-state index >= 15 is 0 Å². The zero-order valence-corrected chi connectivity index (χ0v) is 4.92. The first kappa shape index (κ1) is 8.03. The molecule has 1 atom stereocenters. The zero-order chi connectivity index (χ0) is 6.41. The molecule has 0 saturated carbocycles. The van der Waals surface area contributed by atoms with Gasteiger partial charge in [-0.1, -0.05) is 0 Å². The summed E-state index contributed by atoms with van der Waals surface area (Å²) in [6.45, 7) is 0.987. The number of carboxylic acid groups (broad SMARTS) is 1. The van der Waals surface area contributed by atoms with Crippen molar-refractivity contribution in [3.05, 3.63) is 0 Å². The summed E-state index contributed by atoms with van der Waals surface area (Å²) < 4.78 is 0.815. The van der Waals surface area contributed by atoms with E-state index in [-0.39, 0.29) is 6.47 Å². The molecule has 2 N–H and O–H groups in total. The molecule has 1 saturated heterocycles. The van der Waals surface area contributed by atoms with Crippen molar-refractivity contribution in [3.63, 3.8) is 0 Å². The second-order valence-corrected chi connectivity index (χ2v) is 1.75. The molecule has 1 aliphatic rings. The van der Waals surface area contributed by atoms with Crippen LogP contribution < -0.4 is 5.32 Å².